The van der Waals surface area contributed by atoms with Crippen LogP contribution in [0.1, 0.15) is 24.4 Å². The SMILES string of the molecule is C=CCCC(N)c1cccc(Cl)c1F. The molecule has 1 atom stereocenters. The fraction of sp³-hybridized carbons (Fsp3) is 0.273. The van der Waals surface area contributed by atoms with Crippen molar-refractivity contribution in [2.75, 3.05) is 0 Å². The second-order valence-electron chi connectivity index (χ2n) is 3.12. The van der Waals surface area contributed by atoms with Crippen molar-refractivity contribution < 1.29 is 4.39 Å². The van der Waals surface area contributed by atoms with Crippen LogP contribution in [0.2, 0.25) is 5.02 Å². The Balaban J connectivity index is 2.83. The third kappa shape index (κ3) is 2.56. The van der Waals surface area contributed by atoms with Gasteiger partial charge in [-0.25, -0.2) is 4.39 Å². The van der Waals surface area contributed by atoms with Crippen LogP contribution in [0.5, 0.6) is 0 Å². The molecule has 1 unspecified atom stereocenters. The van der Waals surface area contributed by atoms with Crippen LogP contribution < -0.4 is 5.73 Å². The van der Waals surface area contributed by atoms with E-state index in [1.54, 1.807) is 18.2 Å². The van der Waals surface area contributed by atoms with Gasteiger partial charge < -0.3 is 5.73 Å². The van der Waals surface area contributed by atoms with Gasteiger partial charge in [-0.1, -0.05) is 29.8 Å². The maximum absolute atomic E-state index is 13.4. The molecule has 1 aromatic rings. The molecule has 0 aliphatic rings. The lowest BCUT2D eigenvalue weighted by molar-refractivity contribution is 0.567. The molecule has 0 aliphatic heterocycles. The third-order valence-corrected chi connectivity index (χ3v) is 2.35. The van der Waals surface area contributed by atoms with Crippen LogP contribution in [-0.2, 0) is 0 Å². The number of nitrogens with two attached hydrogens (primary N) is 1. The topological polar surface area (TPSA) is 26.0 Å². The molecule has 0 heterocycles. The Hall–Kier alpha value is -0.860. The maximum Gasteiger partial charge on any atom is 0.146 e. The van der Waals surface area contributed by atoms with Crippen molar-refractivity contribution in [2.24, 2.45) is 5.73 Å². The highest BCUT2D eigenvalue weighted by atomic mass is 35.5. The van der Waals surface area contributed by atoms with Crippen molar-refractivity contribution in [3.05, 3.63) is 47.3 Å². The summed E-state index contributed by atoms with van der Waals surface area (Å²) in [6.07, 6.45) is 3.22. The molecule has 2 N–H and O–H groups in total. The summed E-state index contributed by atoms with van der Waals surface area (Å²) < 4.78 is 13.4. The molecule has 0 amide bonds. The van der Waals surface area contributed by atoms with Crippen LogP contribution in [-0.4, -0.2) is 0 Å². The van der Waals surface area contributed by atoms with Crippen LogP contribution in [0, 0.1) is 5.82 Å². The van der Waals surface area contributed by atoms with Gasteiger partial charge in [0, 0.05) is 11.6 Å². The van der Waals surface area contributed by atoms with Gasteiger partial charge in [-0.05, 0) is 18.9 Å². The first-order valence-electron chi connectivity index (χ1n) is 4.47. The maximum atomic E-state index is 13.4. The number of hydrogen-bond acceptors (Lipinski definition) is 1. The molecule has 0 aromatic heterocycles. The van der Waals surface area contributed by atoms with Gasteiger partial charge in [0.15, 0.2) is 0 Å². The van der Waals surface area contributed by atoms with Gasteiger partial charge in [0.05, 0.1) is 5.02 Å². The van der Waals surface area contributed by atoms with E-state index in [-0.39, 0.29) is 11.1 Å². The van der Waals surface area contributed by atoms with E-state index >= 15 is 0 Å². The summed E-state index contributed by atoms with van der Waals surface area (Å²) in [6.45, 7) is 3.59. The molecular formula is C11H13ClFN. The average Bonchev–Trinajstić information content (AvgIpc) is 2.18. The van der Waals surface area contributed by atoms with Crippen molar-refractivity contribution in [1.29, 1.82) is 0 Å². The summed E-state index contributed by atoms with van der Waals surface area (Å²) >= 11 is 5.64. The van der Waals surface area contributed by atoms with Gasteiger partial charge in [-0.2, -0.15) is 0 Å². The van der Waals surface area contributed by atoms with Crippen molar-refractivity contribution >= 4 is 11.6 Å². The Morgan fingerprint density at radius 2 is 2.29 bits per heavy atom. The number of benzene rings is 1. The zero-order valence-corrected chi connectivity index (χ0v) is 8.60. The summed E-state index contributed by atoms with van der Waals surface area (Å²) in [5.41, 5.74) is 6.28. The number of allylic oxidation sites excluding steroid dienone is 1. The predicted octanol–water partition coefficient (Wildman–Crippen LogP) is 3.45. The van der Waals surface area contributed by atoms with Crippen molar-refractivity contribution in [1.82, 2.24) is 0 Å². The minimum absolute atomic E-state index is 0.122. The van der Waals surface area contributed by atoms with Gasteiger partial charge in [-0.3, -0.25) is 0 Å². The van der Waals surface area contributed by atoms with E-state index in [9.17, 15) is 4.39 Å². The predicted molar refractivity (Wildman–Crippen MR) is 57.8 cm³/mol. The normalized spacial score (nSPS) is 12.5. The van der Waals surface area contributed by atoms with Crippen molar-refractivity contribution in [2.45, 2.75) is 18.9 Å². The summed E-state index contributed by atoms with van der Waals surface area (Å²) in [6, 6.07) is 4.57. The molecule has 3 heteroatoms. The van der Waals surface area contributed by atoms with Crippen LogP contribution in [0.15, 0.2) is 30.9 Å². The van der Waals surface area contributed by atoms with E-state index in [4.69, 9.17) is 17.3 Å². The molecule has 1 aromatic carbocycles. The Morgan fingerprint density at radius 1 is 1.57 bits per heavy atom. The smallest absolute Gasteiger partial charge is 0.146 e. The van der Waals surface area contributed by atoms with E-state index in [0.29, 0.717) is 12.0 Å². The minimum Gasteiger partial charge on any atom is -0.324 e. The quantitative estimate of drug-likeness (QED) is 0.762. The van der Waals surface area contributed by atoms with Crippen LogP contribution in [0.4, 0.5) is 4.39 Å². The standard InChI is InChI=1S/C11H13ClFN/c1-2-3-7-10(14)8-5-4-6-9(12)11(8)13/h2,4-6,10H,1,3,7,14H2. The number of halogens is 2. The van der Waals surface area contributed by atoms with Crippen LogP contribution >= 0.6 is 11.6 Å². The van der Waals surface area contributed by atoms with Gasteiger partial charge in [0.1, 0.15) is 5.82 Å². The second kappa shape index (κ2) is 5.13. The van der Waals surface area contributed by atoms with Gasteiger partial charge in [0.25, 0.3) is 0 Å². The Bertz CT molecular complexity index is 325. The van der Waals surface area contributed by atoms with E-state index in [1.165, 1.54) is 6.07 Å². The third-order valence-electron chi connectivity index (χ3n) is 2.06. The summed E-state index contributed by atoms with van der Waals surface area (Å²) in [5.74, 6) is -0.411. The van der Waals surface area contributed by atoms with Crippen molar-refractivity contribution in [3.63, 3.8) is 0 Å². The summed E-state index contributed by atoms with van der Waals surface area (Å²) in [4.78, 5) is 0. The van der Waals surface area contributed by atoms with E-state index in [1.807, 2.05) is 0 Å². The first-order valence-corrected chi connectivity index (χ1v) is 4.85. The van der Waals surface area contributed by atoms with Crippen LogP contribution in [0.3, 0.4) is 0 Å². The number of hydrogen-bond donors (Lipinski definition) is 1. The highest BCUT2D eigenvalue weighted by Crippen LogP contribution is 2.24. The zero-order valence-electron chi connectivity index (χ0n) is 7.84. The zero-order chi connectivity index (χ0) is 10.6. The van der Waals surface area contributed by atoms with Crippen molar-refractivity contribution in [3.8, 4) is 0 Å². The molecule has 1 rings (SSSR count). The van der Waals surface area contributed by atoms with E-state index < -0.39 is 5.82 Å². The molecule has 0 saturated carbocycles. The summed E-state index contributed by atoms with van der Waals surface area (Å²) in [7, 11) is 0. The monoisotopic (exact) mass is 213 g/mol. The molecule has 0 fully saturated rings. The van der Waals surface area contributed by atoms with Gasteiger partial charge in [-0.15, -0.1) is 6.58 Å². The molecular weight excluding hydrogens is 201 g/mol. The lowest BCUT2D eigenvalue weighted by Crippen LogP contribution is -2.11. The lowest BCUT2D eigenvalue weighted by atomic mass is 10.0. The molecule has 76 valence electrons. The van der Waals surface area contributed by atoms with Gasteiger partial charge >= 0.3 is 0 Å². The molecule has 0 saturated heterocycles. The second-order valence-corrected chi connectivity index (χ2v) is 3.52. The molecule has 14 heavy (non-hydrogen) atoms. The van der Waals surface area contributed by atoms with Crippen LogP contribution in [0.25, 0.3) is 0 Å². The highest BCUT2D eigenvalue weighted by molar-refractivity contribution is 6.30. The molecule has 0 radical (unpaired) electrons. The molecule has 0 bridgehead atoms. The van der Waals surface area contributed by atoms with E-state index in [2.05, 4.69) is 6.58 Å². The fourth-order valence-corrected chi connectivity index (χ4v) is 1.44. The molecule has 1 nitrogen and oxygen atoms in total. The molecule has 0 aliphatic carbocycles. The summed E-state index contributed by atoms with van der Waals surface area (Å²) in [5, 5.41) is 0.122. The largest absolute Gasteiger partial charge is 0.324 e. The van der Waals surface area contributed by atoms with Gasteiger partial charge in [0.2, 0.25) is 0 Å². The first kappa shape index (κ1) is 11.2. The number of rotatable bonds is 4. The molecule has 0 spiro atoms. The average molecular weight is 214 g/mol. The Kier molecular flexibility index (Phi) is 4.11. The first-order chi connectivity index (χ1) is 6.66. The lowest BCUT2D eigenvalue weighted by Gasteiger charge is -2.12. The Labute approximate surface area is 88.4 Å². The minimum atomic E-state index is -0.411. The fourth-order valence-electron chi connectivity index (χ4n) is 1.26. The van der Waals surface area contributed by atoms with E-state index in [0.717, 1.165) is 6.42 Å². The highest BCUT2D eigenvalue weighted by Gasteiger charge is 2.12. The Morgan fingerprint density at radius 3 is 2.93 bits per heavy atom.